The van der Waals surface area contributed by atoms with Crippen LogP contribution in [0.1, 0.15) is 86.0 Å². The van der Waals surface area contributed by atoms with E-state index < -0.39 is 0 Å². The van der Waals surface area contributed by atoms with E-state index in [1.807, 2.05) is 6.92 Å². The van der Waals surface area contributed by atoms with Gasteiger partial charge in [0.05, 0.1) is 0 Å². The van der Waals surface area contributed by atoms with Crippen molar-refractivity contribution in [3.05, 3.63) is 11.6 Å². The minimum absolute atomic E-state index is 0.0513. The van der Waals surface area contributed by atoms with E-state index in [4.69, 9.17) is 0 Å². The quantitative estimate of drug-likeness (QED) is 0.415. The summed E-state index contributed by atoms with van der Waals surface area (Å²) < 4.78 is 2.79. The van der Waals surface area contributed by atoms with Crippen LogP contribution in [0.5, 0.6) is 0 Å². The summed E-state index contributed by atoms with van der Waals surface area (Å²) in [6.45, 7) is 11.4. The molecule has 0 aromatic rings. The number of Topliss-reactive ketones (excluding diaryl/α,β-unsaturated/α-hetero) is 1. The molecule has 29 heavy (non-hydrogen) atoms. The molecule has 4 aliphatic rings. The zero-order chi connectivity index (χ0) is 21.0. The van der Waals surface area contributed by atoms with Crippen molar-refractivity contribution < 1.29 is 9.59 Å². The molecular weight excluding hydrogens is 472 g/mol. The molecule has 0 unspecified atom stereocenters. The third kappa shape index (κ3) is 3.82. The first kappa shape index (κ1) is 22.1. The third-order valence-electron chi connectivity index (χ3n) is 9.07. The summed E-state index contributed by atoms with van der Waals surface area (Å²) in [5.74, 6) is 3.39. The summed E-state index contributed by atoms with van der Waals surface area (Å²) in [5.41, 5.74) is 2.55. The van der Waals surface area contributed by atoms with Crippen LogP contribution in [0, 0.1) is 39.9 Å². The van der Waals surface area contributed by atoms with E-state index in [1.54, 1.807) is 5.57 Å². The number of hydrogen-bond donors (Lipinski definition) is 0. The summed E-state index contributed by atoms with van der Waals surface area (Å²) in [5, 5.41) is 0. The predicted molar refractivity (Wildman–Crippen MR) is 120 cm³/mol. The molecule has 3 saturated carbocycles. The number of fused-ring (bicyclic) bond motifs is 5. The van der Waals surface area contributed by atoms with Gasteiger partial charge in [0.2, 0.25) is 0 Å². The Morgan fingerprint density at radius 2 is 1.86 bits per heavy atom. The third-order valence-corrected chi connectivity index (χ3v) is 14.2. The summed E-state index contributed by atoms with van der Waals surface area (Å²) >= 11 is -0.0513. The molecule has 6 atom stereocenters. The monoisotopic (exact) mass is 514 g/mol. The van der Waals surface area contributed by atoms with Crippen LogP contribution in [-0.4, -0.2) is 32.5 Å². The van der Waals surface area contributed by atoms with Crippen LogP contribution in [0.2, 0.25) is 8.94 Å². The molecule has 0 aromatic heterocycles. The zero-order valence-corrected chi connectivity index (χ0v) is 21.5. The minimum atomic E-state index is -0.0513. The van der Waals surface area contributed by atoms with E-state index in [-0.39, 0.29) is 26.3 Å². The van der Waals surface area contributed by atoms with Crippen LogP contribution in [-0.2, 0) is 9.59 Å². The Morgan fingerprint density at radius 1 is 1.10 bits per heavy atom. The van der Waals surface area contributed by atoms with Gasteiger partial charge in [0.15, 0.2) is 0 Å². The Hall–Kier alpha value is -0.130. The molecule has 0 radical (unpaired) electrons. The molecule has 4 aliphatic carbocycles. The van der Waals surface area contributed by atoms with Gasteiger partial charge in [-0.25, -0.2) is 0 Å². The average Bonchev–Trinajstić information content (AvgIpc) is 2.98. The second-order valence-corrected chi connectivity index (χ2v) is 14.9. The van der Waals surface area contributed by atoms with Crippen LogP contribution in [0.4, 0.5) is 0 Å². The fourth-order valence-corrected chi connectivity index (χ4v) is 12.5. The van der Waals surface area contributed by atoms with Crippen LogP contribution in [0.15, 0.2) is 11.6 Å². The van der Waals surface area contributed by atoms with Gasteiger partial charge in [-0.2, -0.15) is 0 Å². The van der Waals surface area contributed by atoms with Gasteiger partial charge in [0.1, 0.15) is 0 Å². The van der Waals surface area contributed by atoms with E-state index in [9.17, 15) is 9.59 Å². The Bertz CT molecular complexity index is 717. The molecule has 0 heterocycles. The first-order chi connectivity index (χ1) is 13.6. The van der Waals surface area contributed by atoms with Crippen molar-refractivity contribution in [2.24, 2.45) is 39.9 Å². The molecule has 0 bridgehead atoms. The normalized spacial score (nSPS) is 42.0. The van der Waals surface area contributed by atoms with Crippen molar-refractivity contribution in [3.63, 3.8) is 0 Å². The maximum atomic E-state index is 12.4. The van der Waals surface area contributed by atoms with Crippen molar-refractivity contribution in [3.8, 4) is 0 Å². The standard InChI is InChI=1S/C26H40O2Te/c1-17(27)21-8-9-22-20-7-6-18-14-19(28)10-13-26(18,16-29-15-24(2,3)4)23(20)11-12-25(21,22)5/h14,20-23H,6-13,15-16H2,1-5H3/t20-,21+,22-,23-,25+,26-/m0/s1. The van der Waals surface area contributed by atoms with E-state index in [1.165, 1.54) is 34.6 Å². The van der Waals surface area contributed by atoms with Crippen LogP contribution < -0.4 is 0 Å². The fraction of sp³-hybridized carbons (Fsp3) is 0.846. The maximum absolute atomic E-state index is 12.4. The molecule has 0 N–H and O–H groups in total. The van der Waals surface area contributed by atoms with Gasteiger partial charge in [-0.1, -0.05) is 0 Å². The molecule has 0 saturated heterocycles. The number of carbonyl (C=O) groups is 2. The molecular formula is C26H40O2Te. The van der Waals surface area contributed by atoms with Crippen molar-refractivity contribution in [1.29, 1.82) is 0 Å². The molecule has 0 spiro atoms. The molecule has 0 aliphatic heterocycles. The SMILES string of the molecule is CC(=O)[C@H]1CC[C@H]2[C@@H]3CCC4=CC(=O)CC[C@@]4(C[Te]CC(C)(C)C)[C@H]3CC[C@]12C. The zero-order valence-electron chi connectivity index (χ0n) is 19.2. The predicted octanol–water partition coefficient (Wildman–Crippen LogP) is 6.29. The van der Waals surface area contributed by atoms with Gasteiger partial charge in [-0.3, -0.25) is 0 Å². The summed E-state index contributed by atoms with van der Waals surface area (Å²) in [6, 6.07) is 0. The Labute approximate surface area is 188 Å². The van der Waals surface area contributed by atoms with Crippen molar-refractivity contribution >= 4 is 32.5 Å². The molecule has 3 heteroatoms. The van der Waals surface area contributed by atoms with Gasteiger partial charge in [-0.05, 0) is 0 Å². The molecule has 0 aromatic carbocycles. The van der Waals surface area contributed by atoms with Gasteiger partial charge in [-0.15, -0.1) is 0 Å². The van der Waals surface area contributed by atoms with Crippen molar-refractivity contribution in [2.75, 3.05) is 0 Å². The van der Waals surface area contributed by atoms with Crippen LogP contribution in [0.25, 0.3) is 0 Å². The number of rotatable bonds is 4. The van der Waals surface area contributed by atoms with Crippen LogP contribution in [0.3, 0.4) is 0 Å². The van der Waals surface area contributed by atoms with E-state index in [0.717, 1.165) is 43.4 Å². The summed E-state index contributed by atoms with van der Waals surface area (Å²) in [7, 11) is 0. The van der Waals surface area contributed by atoms with E-state index >= 15 is 0 Å². The van der Waals surface area contributed by atoms with Crippen molar-refractivity contribution in [2.45, 2.75) is 94.9 Å². The average molecular weight is 512 g/mol. The van der Waals surface area contributed by atoms with Gasteiger partial charge in [0, 0.05) is 0 Å². The summed E-state index contributed by atoms with van der Waals surface area (Å²) in [6.07, 6.45) is 11.3. The summed E-state index contributed by atoms with van der Waals surface area (Å²) in [4.78, 5) is 24.7. The fourth-order valence-electron chi connectivity index (χ4n) is 7.84. The Kier molecular flexibility index (Phi) is 5.92. The number of ketones is 2. The molecule has 2 nitrogen and oxygen atoms in total. The topological polar surface area (TPSA) is 34.1 Å². The molecule has 162 valence electrons. The number of carbonyl (C=O) groups excluding carboxylic acids is 2. The second-order valence-electron chi connectivity index (χ2n) is 12.0. The molecule has 0 amide bonds. The van der Waals surface area contributed by atoms with Crippen LogP contribution >= 0.6 is 0 Å². The number of hydrogen-bond acceptors (Lipinski definition) is 2. The number of allylic oxidation sites excluding steroid dienone is 1. The van der Waals surface area contributed by atoms with Gasteiger partial charge in [0.25, 0.3) is 0 Å². The van der Waals surface area contributed by atoms with Crippen molar-refractivity contribution in [1.82, 2.24) is 0 Å². The molecule has 3 fully saturated rings. The van der Waals surface area contributed by atoms with E-state index in [2.05, 4.69) is 33.8 Å². The van der Waals surface area contributed by atoms with Gasteiger partial charge < -0.3 is 0 Å². The first-order valence-corrected chi connectivity index (χ1v) is 15.2. The first-order valence-electron chi connectivity index (χ1n) is 11.9. The Balaban J connectivity index is 1.63. The second kappa shape index (κ2) is 7.78. The Morgan fingerprint density at radius 3 is 2.55 bits per heavy atom. The van der Waals surface area contributed by atoms with Gasteiger partial charge >= 0.3 is 189 Å². The van der Waals surface area contributed by atoms with E-state index in [0.29, 0.717) is 28.3 Å². The molecule has 4 rings (SSSR count).